The Morgan fingerprint density at radius 1 is 1.24 bits per heavy atom. The second kappa shape index (κ2) is 6.17. The van der Waals surface area contributed by atoms with Crippen molar-refractivity contribution in [2.45, 2.75) is 10.6 Å². The van der Waals surface area contributed by atoms with Gasteiger partial charge in [-0.25, -0.2) is 8.42 Å². The van der Waals surface area contributed by atoms with Crippen LogP contribution >= 0.6 is 11.6 Å². The molecule has 0 aliphatic heterocycles. The maximum atomic E-state index is 12.5. The summed E-state index contributed by atoms with van der Waals surface area (Å²) in [7, 11) is -2.17. The number of hydrogen-bond acceptors (Lipinski definition) is 4. The van der Waals surface area contributed by atoms with E-state index in [1.165, 1.54) is 25.3 Å². The van der Waals surface area contributed by atoms with Crippen LogP contribution < -0.4 is 4.74 Å². The Kier molecular flexibility index (Phi) is 4.51. The number of nitrogens with zero attached hydrogens (tertiary/aromatic N) is 1. The van der Waals surface area contributed by atoms with Gasteiger partial charge in [0.2, 0.25) is 0 Å². The van der Waals surface area contributed by atoms with Gasteiger partial charge in [0.05, 0.1) is 34.4 Å². The third-order valence-corrected chi connectivity index (χ3v) is 5.09. The van der Waals surface area contributed by atoms with Gasteiger partial charge in [0.25, 0.3) is 0 Å². The molecule has 0 bridgehead atoms. The zero-order valence-corrected chi connectivity index (χ0v) is 12.8. The van der Waals surface area contributed by atoms with Crippen LogP contribution in [0.15, 0.2) is 47.4 Å². The van der Waals surface area contributed by atoms with Crippen molar-refractivity contribution in [1.82, 2.24) is 0 Å². The van der Waals surface area contributed by atoms with Gasteiger partial charge in [-0.2, -0.15) is 5.26 Å². The van der Waals surface area contributed by atoms with Crippen LogP contribution in [0.5, 0.6) is 5.75 Å². The third-order valence-electron chi connectivity index (χ3n) is 2.93. The molecule has 2 aromatic carbocycles. The summed E-state index contributed by atoms with van der Waals surface area (Å²) >= 11 is 5.94. The van der Waals surface area contributed by atoms with E-state index in [2.05, 4.69) is 0 Å². The van der Waals surface area contributed by atoms with Crippen molar-refractivity contribution in [1.29, 1.82) is 5.26 Å². The third kappa shape index (κ3) is 3.35. The molecule has 0 unspecified atom stereocenters. The lowest BCUT2D eigenvalue weighted by atomic mass is 10.1. The zero-order valence-electron chi connectivity index (χ0n) is 11.2. The van der Waals surface area contributed by atoms with E-state index in [1.807, 2.05) is 6.07 Å². The van der Waals surface area contributed by atoms with Crippen LogP contribution in [0.3, 0.4) is 0 Å². The van der Waals surface area contributed by atoms with Gasteiger partial charge in [0.1, 0.15) is 5.75 Å². The van der Waals surface area contributed by atoms with Gasteiger partial charge in [0.15, 0.2) is 9.84 Å². The number of benzene rings is 2. The van der Waals surface area contributed by atoms with Crippen molar-refractivity contribution in [3.63, 3.8) is 0 Å². The molecule has 0 atom stereocenters. The van der Waals surface area contributed by atoms with Crippen molar-refractivity contribution >= 4 is 21.4 Å². The summed E-state index contributed by atoms with van der Waals surface area (Å²) in [5.74, 6) is 0.139. The van der Waals surface area contributed by atoms with E-state index >= 15 is 0 Å². The minimum Gasteiger partial charge on any atom is -0.496 e. The Hall–Kier alpha value is -2.03. The predicted molar refractivity (Wildman–Crippen MR) is 80.1 cm³/mol. The SMILES string of the molecule is COc1ccc(C#N)cc1CS(=O)(=O)c1ccccc1Cl. The van der Waals surface area contributed by atoms with E-state index in [0.717, 1.165) is 0 Å². The highest BCUT2D eigenvalue weighted by molar-refractivity contribution is 7.90. The molecule has 0 spiro atoms. The fourth-order valence-electron chi connectivity index (χ4n) is 1.94. The molecular weight excluding hydrogens is 310 g/mol. The van der Waals surface area contributed by atoms with E-state index in [-0.39, 0.29) is 15.7 Å². The second-order valence-electron chi connectivity index (χ2n) is 4.33. The van der Waals surface area contributed by atoms with Gasteiger partial charge in [-0.1, -0.05) is 23.7 Å². The summed E-state index contributed by atoms with van der Waals surface area (Å²) in [5.41, 5.74) is 0.802. The predicted octanol–water partition coefficient (Wildman–Crippen LogP) is 3.19. The van der Waals surface area contributed by atoms with Crippen LogP contribution in [-0.2, 0) is 15.6 Å². The highest BCUT2D eigenvalue weighted by atomic mass is 35.5. The standard InChI is InChI=1S/C15H12ClNO3S/c1-20-14-7-6-11(9-17)8-12(14)10-21(18,19)15-5-3-2-4-13(15)16/h2-8H,10H2,1H3. The lowest BCUT2D eigenvalue weighted by Gasteiger charge is -2.10. The normalized spacial score (nSPS) is 10.9. The average Bonchev–Trinajstić information content (AvgIpc) is 2.47. The van der Waals surface area contributed by atoms with Crippen molar-refractivity contribution in [2.75, 3.05) is 7.11 Å². The number of hydrogen-bond donors (Lipinski definition) is 0. The van der Waals surface area contributed by atoms with Gasteiger partial charge in [-0.15, -0.1) is 0 Å². The van der Waals surface area contributed by atoms with E-state index < -0.39 is 9.84 Å². The lowest BCUT2D eigenvalue weighted by Crippen LogP contribution is -2.07. The fourth-order valence-corrected chi connectivity index (χ4v) is 3.87. The van der Waals surface area contributed by atoms with Crippen LogP contribution in [0.25, 0.3) is 0 Å². The Labute approximate surface area is 128 Å². The quantitative estimate of drug-likeness (QED) is 0.867. The van der Waals surface area contributed by atoms with Crippen molar-refractivity contribution in [2.24, 2.45) is 0 Å². The van der Waals surface area contributed by atoms with Gasteiger partial charge < -0.3 is 4.74 Å². The van der Waals surface area contributed by atoms with Crippen molar-refractivity contribution < 1.29 is 13.2 Å². The first-order chi connectivity index (χ1) is 9.97. The molecule has 0 heterocycles. The molecular formula is C15H12ClNO3S. The summed E-state index contributed by atoms with van der Waals surface area (Å²) < 4.78 is 30.1. The van der Waals surface area contributed by atoms with Gasteiger partial charge >= 0.3 is 0 Å². The van der Waals surface area contributed by atoms with E-state index in [1.54, 1.807) is 24.3 Å². The van der Waals surface area contributed by atoms with Gasteiger partial charge in [-0.05, 0) is 30.3 Å². The first-order valence-corrected chi connectivity index (χ1v) is 8.05. The topological polar surface area (TPSA) is 67.2 Å². The Balaban J connectivity index is 2.46. The van der Waals surface area contributed by atoms with Gasteiger partial charge in [0, 0.05) is 5.56 Å². The summed E-state index contributed by atoms with van der Waals surface area (Å²) in [6.07, 6.45) is 0. The van der Waals surface area contributed by atoms with Gasteiger partial charge in [-0.3, -0.25) is 0 Å². The molecule has 0 saturated carbocycles. The maximum absolute atomic E-state index is 12.5. The number of nitriles is 1. The molecule has 0 saturated heterocycles. The summed E-state index contributed by atoms with van der Waals surface area (Å²) in [6.45, 7) is 0. The number of methoxy groups -OCH3 is 1. The molecule has 0 aliphatic carbocycles. The zero-order chi connectivity index (χ0) is 15.5. The van der Waals surface area contributed by atoms with Crippen molar-refractivity contribution in [3.05, 3.63) is 58.6 Å². The largest absolute Gasteiger partial charge is 0.496 e. The molecule has 2 aromatic rings. The molecule has 0 amide bonds. The molecule has 6 heteroatoms. The van der Waals surface area contributed by atoms with E-state index in [4.69, 9.17) is 21.6 Å². The number of rotatable bonds is 4. The van der Waals surface area contributed by atoms with Crippen LogP contribution in [0.2, 0.25) is 5.02 Å². The number of ether oxygens (including phenoxy) is 1. The summed E-state index contributed by atoms with van der Waals surface area (Å²) in [4.78, 5) is 0.0658. The number of sulfone groups is 1. The van der Waals surface area contributed by atoms with E-state index in [9.17, 15) is 8.42 Å². The average molecular weight is 322 g/mol. The first-order valence-electron chi connectivity index (χ1n) is 6.02. The molecule has 0 radical (unpaired) electrons. The van der Waals surface area contributed by atoms with E-state index in [0.29, 0.717) is 16.9 Å². The van der Waals surface area contributed by atoms with Crippen molar-refractivity contribution in [3.8, 4) is 11.8 Å². The second-order valence-corrected chi connectivity index (χ2v) is 6.69. The molecule has 0 aromatic heterocycles. The molecule has 0 N–H and O–H groups in total. The molecule has 108 valence electrons. The monoisotopic (exact) mass is 321 g/mol. The molecule has 2 rings (SSSR count). The molecule has 21 heavy (non-hydrogen) atoms. The summed E-state index contributed by atoms with van der Waals surface area (Å²) in [5, 5.41) is 9.10. The Morgan fingerprint density at radius 3 is 2.57 bits per heavy atom. The summed E-state index contributed by atoms with van der Waals surface area (Å²) in [6, 6.07) is 12.9. The van der Waals surface area contributed by atoms with Crippen LogP contribution in [-0.4, -0.2) is 15.5 Å². The highest BCUT2D eigenvalue weighted by Crippen LogP contribution is 2.28. The maximum Gasteiger partial charge on any atom is 0.184 e. The Bertz CT molecular complexity index is 810. The minimum absolute atomic E-state index is 0.0658. The highest BCUT2D eigenvalue weighted by Gasteiger charge is 2.20. The van der Waals surface area contributed by atoms with Crippen LogP contribution in [0.1, 0.15) is 11.1 Å². The first kappa shape index (κ1) is 15.4. The lowest BCUT2D eigenvalue weighted by molar-refractivity contribution is 0.411. The smallest absolute Gasteiger partial charge is 0.184 e. The van der Waals surface area contributed by atoms with Crippen LogP contribution in [0, 0.1) is 11.3 Å². The fraction of sp³-hybridized carbons (Fsp3) is 0.133. The molecule has 0 fully saturated rings. The minimum atomic E-state index is -3.62. The number of halogens is 1. The van der Waals surface area contributed by atoms with Crippen LogP contribution in [0.4, 0.5) is 0 Å². The molecule has 4 nitrogen and oxygen atoms in total. The Morgan fingerprint density at radius 2 is 1.95 bits per heavy atom. The molecule has 0 aliphatic rings.